The summed E-state index contributed by atoms with van der Waals surface area (Å²) in [5, 5.41) is 0. The topological polar surface area (TPSA) is 72.6 Å². The smallest absolute Gasteiger partial charge is 0.243 e. The standard InChI is InChI=1S/C14H24N2O3S/c1-5-16(11-14(2,3)10-15)20(17,18)13-8-6-7-12(9-13)19-4/h6-9H,5,10-11,15H2,1-4H3. The van der Waals surface area contributed by atoms with E-state index in [2.05, 4.69) is 0 Å². The Hall–Kier alpha value is -1.11. The van der Waals surface area contributed by atoms with Crippen molar-refractivity contribution in [1.29, 1.82) is 0 Å². The summed E-state index contributed by atoms with van der Waals surface area (Å²) in [5.41, 5.74) is 5.43. The first-order chi connectivity index (χ1) is 9.26. The van der Waals surface area contributed by atoms with Crippen molar-refractivity contribution in [2.24, 2.45) is 11.1 Å². The Morgan fingerprint density at radius 2 is 2.00 bits per heavy atom. The highest BCUT2D eigenvalue weighted by Crippen LogP contribution is 2.24. The van der Waals surface area contributed by atoms with E-state index in [1.807, 2.05) is 20.8 Å². The van der Waals surface area contributed by atoms with E-state index >= 15 is 0 Å². The number of benzene rings is 1. The van der Waals surface area contributed by atoms with Crippen molar-refractivity contribution < 1.29 is 13.2 Å². The molecule has 0 aliphatic carbocycles. The lowest BCUT2D eigenvalue weighted by atomic mass is 9.94. The molecule has 0 heterocycles. The molecule has 5 nitrogen and oxygen atoms in total. The van der Waals surface area contributed by atoms with Crippen molar-refractivity contribution in [3.63, 3.8) is 0 Å². The Bertz CT molecular complexity index is 541. The highest BCUT2D eigenvalue weighted by Gasteiger charge is 2.29. The van der Waals surface area contributed by atoms with E-state index in [-0.39, 0.29) is 10.3 Å². The number of hydrogen-bond acceptors (Lipinski definition) is 4. The summed E-state index contributed by atoms with van der Waals surface area (Å²) in [4.78, 5) is 0.242. The Kier molecular flexibility index (Phi) is 5.56. The number of nitrogens with two attached hydrogens (primary N) is 1. The van der Waals surface area contributed by atoms with Crippen LogP contribution in [-0.2, 0) is 10.0 Å². The van der Waals surface area contributed by atoms with Crippen molar-refractivity contribution >= 4 is 10.0 Å². The summed E-state index contributed by atoms with van der Waals surface area (Å²) in [6.45, 7) is 6.96. The highest BCUT2D eigenvalue weighted by atomic mass is 32.2. The summed E-state index contributed by atoms with van der Waals surface area (Å²) in [6, 6.07) is 6.51. The number of methoxy groups -OCH3 is 1. The Labute approximate surface area is 121 Å². The molecule has 0 fully saturated rings. The molecule has 0 atom stereocenters. The van der Waals surface area contributed by atoms with Crippen LogP contribution in [0.25, 0.3) is 0 Å². The van der Waals surface area contributed by atoms with Gasteiger partial charge in [-0.25, -0.2) is 8.42 Å². The van der Waals surface area contributed by atoms with Gasteiger partial charge in [0, 0.05) is 19.2 Å². The van der Waals surface area contributed by atoms with Crippen LogP contribution < -0.4 is 10.5 Å². The van der Waals surface area contributed by atoms with Crippen LogP contribution in [-0.4, -0.2) is 39.5 Å². The number of hydrogen-bond donors (Lipinski definition) is 1. The maximum absolute atomic E-state index is 12.7. The average Bonchev–Trinajstić information content (AvgIpc) is 2.44. The fourth-order valence-electron chi connectivity index (χ4n) is 1.82. The Morgan fingerprint density at radius 3 is 2.50 bits per heavy atom. The molecule has 20 heavy (non-hydrogen) atoms. The van der Waals surface area contributed by atoms with Crippen LogP contribution in [0.15, 0.2) is 29.2 Å². The molecule has 0 unspecified atom stereocenters. The predicted octanol–water partition coefficient (Wildman–Crippen LogP) is 1.69. The van der Waals surface area contributed by atoms with Gasteiger partial charge in [0.25, 0.3) is 0 Å². The summed E-state index contributed by atoms with van der Waals surface area (Å²) < 4.78 is 31.8. The number of rotatable bonds is 7. The molecule has 1 aromatic rings. The minimum absolute atomic E-state index is 0.242. The third-order valence-corrected chi connectivity index (χ3v) is 5.11. The third kappa shape index (κ3) is 3.94. The van der Waals surface area contributed by atoms with E-state index in [1.54, 1.807) is 18.2 Å². The van der Waals surface area contributed by atoms with E-state index in [1.165, 1.54) is 17.5 Å². The molecular formula is C14H24N2O3S. The van der Waals surface area contributed by atoms with Crippen LogP contribution >= 0.6 is 0 Å². The SMILES string of the molecule is CCN(CC(C)(C)CN)S(=O)(=O)c1cccc(OC)c1. The lowest BCUT2D eigenvalue weighted by Gasteiger charge is -2.30. The third-order valence-electron chi connectivity index (χ3n) is 3.19. The quantitative estimate of drug-likeness (QED) is 0.831. The molecule has 0 saturated heterocycles. The minimum Gasteiger partial charge on any atom is -0.497 e. The lowest BCUT2D eigenvalue weighted by Crippen LogP contribution is -2.41. The van der Waals surface area contributed by atoms with Crippen LogP contribution in [0, 0.1) is 5.41 Å². The van der Waals surface area contributed by atoms with E-state index in [4.69, 9.17) is 10.5 Å². The monoisotopic (exact) mass is 300 g/mol. The molecule has 0 saturated carbocycles. The van der Waals surface area contributed by atoms with Gasteiger partial charge in [0.2, 0.25) is 10.0 Å². The fraction of sp³-hybridized carbons (Fsp3) is 0.571. The van der Waals surface area contributed by atoms with Gasteiger partial charge in [0.15, 0.2) is 0 Å². The number of nitrogens with zero attached hydrogens (tertiary/aromatic N) is 1. The van der Waals surface area contributed by atoms with Gasteiger partial charge in [-0.05, 0) is 24.1 Å². The van der Waals surface area contributed by atoms with Crippen LogP contribution in [0.3, 0.4) is 0 Å². The first kappa shape index (κ1) is 16.9. The Morgan fingerprint density at radius 1 is 1.35 bits per heavy atom. The van der Waals surface area contributed by atoms with Crippen LogP contribution in [0.4, 0.5) is 0 Å². The lowest BCUT2D eigenvalue weighted by molar-refractivity contribution is 0.273. The van der Waals surface area contributed by atoms with Crippen molar-refractivity contribution in [2.75, 3.05) is 26.7 Å². The molecule has 6 heteroatoms. The van der Waals surface area contributed by atoms with Gasteiger partial charge in [-0.15, -0.1) is 0 Å². The number of sulfonamides is 1. The normalized spacial score (nSPS) is 12.7. The molecular weight excluding hydrogens is 276 g/mol. The molecule has 2 N–H and O–H groups in total. The van der Waals surface area contributed by atoms with E-state index < -0.39 is 10.0 Å². The Balaban J connectivity index is 3.11. The molecule has 114 valence electrons. The highest BCUT2D eigenvalue weighted by molar-refractivity contribution is 7.89. The molecule has 0 aliphatic rings. The van der Waals surface area contributed by atoms with Gasteiger partial charge < -0.3 is 10.5 Å². The second kappa shape index (κ2) is 6.56. The fourth-order valence-corrected chi connectivity index (χ4v) is 3.49. The second-order valence-corrected chi connectivity index (χ2v) is 7.42. The molecule has 1 aromatic carbocycles. The minimum atomic E-state index is -3.53. The first-order valence-corrected chi connectivity index (χ1v) is 8.05. The summed E-state index contributed by atoms with van der Waals surface area (Å²) >= 11 is 0. The molecule has 0 radical (unpaired) electrons. The molecule has 1 rings (SSSR count). The summed E-state index contributed by atoms with van der Waals surface area (Å²) in [6.07, 6.45) is 0. The van der Waals surface area contributed by atoms with Gasteiger partial charge >= 0.3 is 0 Å². The van der Waals surface area contributed by atoms with Gasteiger partial charge in [-0.1, -0.05) is 26.8 Å². The molecule has 0 bridgehead atoms. The van der Waals surface area contributed by atoms with Crippen LogP contribution in [0.2, 0.25) is 0 Å². The van der Waals surface area contributed by atoms with Crippen molar-refractivity contribution in [3.05, 3.63) is 24.3 Å². The van der Waals surface area contributed by atoms with Crippen molar-refractivity contribution in [2.45, 2.75) is 25.7 Å². The second-order valence-electron chi connectivity index (χ2n) is 5.48. The largest absolute Gasteiger partial charge is 0.497 e. The average molecular weight is 300 g/mol. The van der Waals surface area contributed by atoms with E-state index in [9.17, 15) is 8.42 Å². The molecule has 0 aromatic heterocycles. The van der Waals surface area contributed by atoms with Crippen molar-refractivity contribution in [3.8, 4) is 5.75 Å². The molecule has 0 spiro atoms. The summed E-state index contributed by atoms with van der Waals surface area (Å²) in [7, 11) is -2.01. The maximum atomic E-state index is 12.7. The van der Waals surface area contributed by atoms with Crippen LogP contribution in [0.5, 0.6) is 5.75 Å². The van der Waals surface area contributed by atoms with Gasteiger partial charge in [-0.3, -0.25) is 0 Å². The first-order valence-electron chi connectivity index (χ1n) is 6.61. The van der Waals surface area contributed by atoms with Gasteiger partial charge in [0.05, 0.1) is 12.0 Å². The maximum Gasteiger partial charge on any atom is 0.243 e. The zero-order valence-corrected chi connectivity index (χ0v) is 13.4. The van der Waals surface area contributed by atoms with Crippen molar-refractivity contribution in [1.82, 2.24) is 4.31 Å². The number of ether oxygens (including phenoxy) is 1. The van der Waals surface area contributed by atoms with Gasteiger partial charge in [0.1, 0.15) is 5.75 Å². The summed E-state index contributed by atoms with van der Waals surface area (Å²) in [5.74, 6) is 0.528. The van der Waals surface area contributed by atoms with E-state index in [0.29, 0.717) is 25.4 Å². The molecule has 0 aliphatic heterocycles. The predicted molar refractivity (Wildman–Crippen MR) is 80.3 cm³/mol. The van der Waals surface area contributed by atoms with E-state index in [0.717, 1.165) is 0 Å². The molecule has 0 amide bonds. The zero-order chi connectivity index (χ0) is 15.4. The van der Waals surface area contributed by atoms with Crippen LogP contribution in [0.1, 0.15) is 20.8 Å². The van der Waals surface area contributed by atoms with Gasteiger partial charge in [-0.2, -0.15) is 4.31 Å². The zero-order valence-electron chi connectivity index (χ0n) is 12.6.